The maximum Gasteiger partial charge on any atom is 0.258 e. The first-order valence-corrected chi connectivity index (χ1v) is 12.8. The smallest absolute Gasteiger partial charge is 0.258 e. The van der Waals surface area contributed by atoms with Crippen molar-refractivity contribution in [3.05, 3.63) is 146 Å². The van der Waals surface area contributed by atoms with Crippen molar-refractivity contribution in [3.63, 3.8) is 0 Å². The minimum atomic E-state index is -2.76. The molecule has 2 nitrogen and oxygen atoms in total. The molecule has 0 saturated heterocycles. The summed E-state index contributed by atoms with van der Waals surface area (Å²) in [6, 6.07) is 49.5. The Bertz CT molecular complexity index is 1110. The van der Waals surface area contributed by atoms with Gasteiger partial charge in [0, 0.05) is 11.9 Å². The molecule has 0 aliphatic heterocycles. The Morgan fingerprint density at radius 3 is 1.25 bits per heavy atom. The van der Waals surface area contributed by atoms with E-state index in [9.17, 15) is 0 Å². The van der Waals surface area contributed by atoms with Crippen molar-refractivity contribution in [2.45, 2.75) is 0 Å². The van der Waals surface area contributed by atoms with E-state index in [-0.39, 0.29) is 0 Å². The molecule has 5 rings (SSSR count). The normalized spacial score (nSPS) is 11.1. The maximum atomic E-state index is 4.86. The molecule has 3 heteroatoms. The van der Waals surface area contributed by atoms with Crippen molar-refractivity contribution in [1.29, 1.82) is 0 Å². The minimum Gasteiger partial charge on any atom is -0.341 e. The van der Waals surface area contributed by atoms with E-state index >= 15 is 0 Å². The average molecular weight is 429 g/mol. The van der Waals surface area contributed by atoms with Crippen molar-refractivity contribution in [2.24, 2.45) is 0 Å². The number of hydrogen-bond donors (Lipinski definition) is 0. The first kappa shape index (κ1) is 20.0. The number of hydrogen-bond acceptors (Lipinski definition) is 2. The van der Waals surface area contributed by atoms with Gasteiger partial charge in [-0.05, 0) is 39.8 Å². The Hall–Kier alpha value is -3.95. The van der Waals surface area contributed by atoms with Gasteiger partial charge in [-0.1, -0.05) is 115 Å². The van der Waals surface area contributed by atoms with Gasteiger partial charge in [-0.3, -0.25) is 0 Å². The lowest BCUT2D eigenvalue weighted by atomic mass is 10.3. The number of rotatable bonds is 6. The van der Waals surface area contributed by atoms with Crippen LogP contribution >= 0.6 is 0 Å². The number of aromatic nitrogens is 1. The van der Waals surface area contributed by atoms with E-state index in [1.54, 1.807) is 0 Å². The maximum absolute atomic E-state index is 4.86. The van der Waals surface area contributed by atoms with E-state index in [0.29, 0.717) is 0 Å². The van der Waals surface area contributed by atoms with Gasteiger partial charge in [-0.15, -0.1) is 0 Å². The molecule has 0 unspecified atom stereocenters. The Balaban J connectivity index is 1.94. The van der Waals surface area contributed by atoms with Gasteiger partial charge in [0.1, 0.15) is 5.82 Å². The highest BCUT2D eigenvalue weighted by atomic mass is 28.3. The van der Waals surface area contributed by atoms with Gasteiger partial charge in [0.25, 0.3) is 8.24 Å². The number of anilines is 2. The first-order valence-electron chi connectivity index (χ1n) is 10.8. The summed E-state index contributed by atoms with van der Waals surface area (Å²) in [7, 11) is -2.76. The second-order valence-corrected chi connectivity index (χ2v) is 11.3. The zero-order valence-corrected chi connectivity index (χ0v) is 18.8. The molecule has 0 N–H and O–H groups in total. The highest BCUT2D eigenvalue weighted by Gasteiger charge is 2.47. The van der Waals surface area contributed by atoms with Gasteiger partial charge in [0.15, 0.2) is 0 Å². The second-order valence-electron chi connectivity index (χ2n) is 7.67. The van der Waals surface area contributed by atoms with Crippen LogP contribution in [0.1, 0.15) is 0 Å². The minimum absolute atomic E-state index is 0.946. The van der Waals surface area contributed by atoms with Gasteiger partial charge in [0.2, 0.25) is 0 Å². The van der Waals surface area contributed by atoms with Crippen LogP contribution in [0, 0.1) is 0 Å². The fourth-order valence-electron chi connectivity index (χ4n) is 4.49. The van der Waals surface area contributed by atoms with Crippen molar-refractivity contribution in [3.8, 4) is 0 Å². The molecule has 0 amide bonds. The van der Waals surface area contributed by atoms with Crippen LogP contribution in [0.2, 0.25) is 0 Å². The van der Waals surface area contributed by atoms with E-state index in [1.807, 2.05) is 12.3 Å². The Morgan fingerprint density at radius 2 is 0.844 bits per heavy atom. The van der Waals surface area contributed by atoms with Gasteiger partial charge < -0.3 is 4.57 Å². The van der Waals surface area contributed by atoms with Crippen molar-refractivity contribution >= 4 is 35.3 Å². The highest BCUT2D eigenvalue weighted by molar-refractivity contribution is 7.14. The van der Waals surface area contributed by atoms with Crippen LogP contribution in [0.5, 0.6) is 0 Å². The topological polar surface area (TPSA) is 16.1 Å². The summed E-state index contributed by atoms with van der Waals surface area (Å²) in [5.74, 6) is 0.946. The summed E-state index contributed by atoms with van der Waals surface area (Å²) < 4.78 is 2.49. The van der Waals surface area contributed by atoms with Gasteiger partial charge in [-0.2, -0.15) is 0 Å². The molecule has 0 aliphatic carbocycles. The monoisotopic (exact) mass is 428 g/mol. The lowest BCUT2D eigenvalue weighted by Crippen LogP contribution is -2.76. The van der Waals surface area contributed by atoms with Crippen molar-refractivity contribution in [1.82, 2.24) is 4.98 Å². The molecular formula is C29H24N2Si. The predicted octanol–water partition coefficient (Wildman–Crippen LogP) is 4.89. The number of para-hydroxylation sites is 1. The van der Waals surface area contributed by atoms with E-state index < -0.39 is 8.24 Å². The molecule has 4 aromatic carbocycles. The predicted molar refractivity (Wildman–Crippen MR) is 137 cm³/mol. The second kappa shape index (κ2) is 9.04. The standard InChI is InChI=1S/C29H24N2Si/c1-5-15-25(16-6-1)31(29-23-13-14-24-30-29)32(26-17-7-2-8-18-26,27-19-9-3-10-20-27)28-21-11-4-12-22-28/h1-24H. The summed E-state index contributed by atoms with van der Waals surface area (Å²) in [5.41, 5.74) is 1.13. The van der Waals surface area contributed by atoms with Crippen LogP contribution in [0.3, 0.4) is 0 Å². The summed E-state index contributed by atoms with van der Waals surface area (Å²) in [4.78, 5) is 4.86. The Morgan fingerprint density at radius 1 is 0.438 bits per heavy atom. The molecule has 0 fully saturated rings. The lowest BCUT2D eigenvalue weighted by molar-refractivity contribution is 1.22. The molecule has 5 aromatic rings. The molecule has 32 heavy (non-hydrogen) atoms. The van der Waals surface area contributed by atoms with E-state index in [1.165, 1.54) is 15.6 Å². The highest BCUT2D eigenvalue weighted by Crippen LogP contribution is 2.30. The fraction of sp³-hybridized carbons (Fsp3) is 0. The molecule has 0 atom stereocenters. The zero-order chi connectivity index (χ0) is 21.6. The zero-order valence-electron chi connectivity index (χ0n) is 17.8. The number of benzene rings is 4. The summed E-state index contributed by atoms with van der Waals surface area (Å²) in [6.07, 6.45) is 1.88. The van der Waals surface area contributed by atoms with Crippen LogP contribution < -0.4 is 20.1 Å². The molecule has 0 saturated carbocycles. The van der Waals surface area contributed by atoms with Crippen LogP contribution in [0.15, 0.2) is 146 Å². The van der Waals surface area contributed by atoms with Gasteiger partial charge >= 0.3 is 0 Å². The van der Waals surface area contributed by atoms with Crippen LogP contribution in [0.4, 0.5) is 11.5 Å². The average Bonchev–Trinajstić information content (AvgIpc) is 2.90. The van der Waals surface area contributed by atoms with E-state index in [0.717, 1.165) is 11.5 Å². The van der Waals surface area contributed by atoms with E-state index in [2.05, 4.69) is 138 Å². The molecule has 0 spiro atoms. The molecule has 154 valence electrons. The third kappa shape index (κ3) is 3.53. The van der Waals surface area contributed by atoms with Gasteiger partial charge in [-0.25, -0.2) is 4.98 Å². The molecular weight excluding hydrogens is 404 g/mol. The summed E-state index contributed by atoms with van der Waals surface area (Å²) >= 11 is 0. The summed E-state index contributed by atoms with van der Waals surface area (Å²) in [6.45, 7) is 0. The van der Waals surface area contributed by atoms with Gasteiger partial charge in [0.05, 0.1) is 0 Å². The number of nitrogens with zero attached hydrogens (tertiary/aromatic N) is 2. The van der Waals surface area contributed by atoms with E-state index in [4.69, 9.17) is 4.98 Å². The fourth-order valence-corrected chi connectivity index (χ4v) is 9.30. The van der Waals surface area contributed by atoms with Crippen LogP contribution in [-0.4, -0.2) is 13.2 Å². The van der Waals surface area contributed by atoms with Crippen molar-refractivity contribution < 1.29 is 0 Å². The molecule has 1 heterocycles. The number of pyridine rings is 1. The lowest BCUT2D eigenvalue weighted by Gasteiger charge is -2.44. The largest absolute Gasteiger partial charge is 0.341 e. The molecule has 0 aliphatic rings. The van der Waals surface area contributed by atoms with Crippen LogP contribution in [-0.2, 0) is 0 Å². The summed E-state index contributed by atoms with van der Waals surface area (Å²) in [5, 5.41) is 3.94. The molecule has 1 aromatic heterocycles. The molecule has 0 radical (unpaired) electrons. The van der Waals surface area contributed by atoms with Crippen molar-refractivity contribution in [2.75, 3.05) is 4.57 Å². The molecule has 0 bridgehead atoms. The third-order valence-corrected chi connectivity index (χ3v) is 10.5. The first-order chi connectivity index (χ1) is 15.9. The Labute approximate surface area is 190 Å². The third-order valence-electron chi connectivity index (χ3n) is 5.80. The quantitative estimate of drug-likeness (QED) is 0.283. The van der Waals surface area contributed by atoms with Crippen LogP contribution in [0.25, 0.3) is 0 Å². The Kier molecular flexibility index (Phi) is 5.65. The SMILES string of the molecule is c1ccc(N(c2ccccn2)[Si](c2ccccc2)(c2ccccc2)c2ccccc2)cc1.